The molecule has 0 saturated carbocycles. The number of amides is 1. The van der Waals surface area contributed by atoms with Crippen molar-refractivity contribution in [1.82, 2.24) is 4.90 Å². The van der Waals surface area contributed by atoms with Gasteiger partial charge in [0, 0.05) is 25.8 Å². The predicted octanol–water partition coefficient (Wildman–Crippen LogP) is 6.19. The van der Waals surface area contributed by atoms with Crippen LogP contribution in [0.3, 0.4) is 0 Å². The van der Waals surface area contributed by atoms with E-state index in [0.717, 1.165) is 43.0 Å². The van der Waals surface area contributed by atoms with Crippen LogP contribution < -0.4 is 10.2 Å². The molecule has 1 amide bonds. The van der Waals surface area contributed by atoms with Crippen LogP contribution in [0.4, 0.5) is 11.4 Å². The van der Waals surface area contributed by atoms with Gasteiger partial charge < -0.3 is 25.0 Å². The number of aromatic hydroxyl groups is 1. The minimum atomic E-state index is -0.693. The largest absolute Gasteiger partial charge is 0.507 e. The number of rotatable bonds is 8. The molecule has 1 heterocycles. The fourth-order valence-electron chi connectivity index (χ4n) is 4.71. The minimum Gasteiger partial charge on any atom is -0.507 e. The van der Waals surface area contributed by atoms with E-state index in [9.17, 15) is 14.7 Å². The molecule has 206 valence electrons. The monoisotopic (exact) mass is 529 g/mol. The second kappa shape index (κ2) is 12.3. The van der Waals surface area contributed by atoms with Gasteiger partial charge in [0.05, 0.1) is 16.8 Å². The summed E-state index contributed by atoms with van der Waals surface area (Å²) in [6, 6.07) is 20.0. The summed E-state index contributed by atoms with van der Waals surface area (Å²) in [7, 11) is 1.99. The maximum Gasteiger partial charge on any atom is 0.340 e. The number of likely N-dealkylation sites (N-methyl/N-ethyl adjacent to an activating group) is 1. The standard InChI is InChI=1S/C32H39N3O4/c1-32(2,3)39-31(38)26-15-13-24(23-11-7-5-8-12-23)21-28(26)33-30(37)27-22-25(14-16-29(27)36)34(4)19-20-35-17-9-6-10-18-35/h5,7-8,11-16,21-22,36H,6,9-10,17-20H2,1-4H3,(H,33,37). The highest BCUT2D eigenvalue weighted by Gasteiger charge is 2.23. The smallest absolute Gasteiger partial charge is 0.340 e. The number of piperidine rings is 1. The molecule has 0 unspecified atom stereocenters. The number of ether oxygens (including phenoxy) is 1. The molecule has 0 aromatic heterocycles. The quantitative estimate of drug-likeness (QED) is 0.339. The van der Waals surface area contributed by atoms with Crippen molar-refractivity contribution in [2.24, 2.45) is 0 Å². The molecule has 0 radical (unpaired) electrons. The van der Waals surface area contributed by atoms with Gasteiger partial charge >= 0.3 is 5.97 Å². The van der Waals surface area contributed by atoms with Crippen LogP contribution in [0.1, 0.15) is 60.7 Å². The lowest BCUT2D eigenvalue weighted by Gasteiger charge is -2.29. The van der Waals surface area contributed by atoms with E-state index in [2.05, 4.69) is 15.1 Å². The Labute approximate surface area is 231 Å². The molecule has 2 N–H and O–H groups in total. The van der Waals surface area contributed by atoms with E-state index >= 15 is 0 Å². The van der Waals surface area contributed by atoms with E-state index in [4.69, 9.17) is 4.74 Å². The molecule has 1 aliphatic heterocycles. The van der Waals surface area contributed by atoms with Gasteiger partial charge in [0.25, 0.3) is 5.91 Å². The Morgan fingerprint density at radius 1 is 0.923 bits per heavy atom. The second-order valence-electron chi connectivity index (χ2n) is 11.1. The van der Waals surface area contributed by atoms with Crippen molar-refractivity contribution in [3.63, 3.8) is 0 Å². The lowest BCUT2D eigenvalue weighted by atomic mass is 10.0. The number of carbonyl (C=O) groups is 2. The van der Waals surface area contributed by atoms with Gasteiger partial charge in [0.15, 0.2) is 0 Å². The van der Waals surface area contributed by atoms with Crippen molar-refractivity contribution in [2.75, 3.05) is 43.4 Å². The summed E-state index contributed by atoms with van der Waals surface area (Å²) in [4.78, 5) is 31.1. The number of anilines is 2. The Morgan fingerprint density at radius 2 is 1.64 bits per heavy atom. The van der Waals surface area contributed by atoms with Gasteiger partial charge in [-0.25, -0.2) is 4.79 Å². The topological polar surface area (TPSA) is 82.1 Å². The van der Waals surface area contributed by atoms with E-state index in [-0.39, 0.29) is 16.9 Å². The first kappa shape index (κ1) is 28.2. The van der Waals surface area contributed by atoms with Gasteiger partial charge in [-0.05, 0) is 88.2 Å². The zero-order valence-electron chi connectivity index (χ0n) is 23.4. The molecule has 1 aliphatic rings. The summed E-state index contributed by atoms with van der Waals surface area (Å²) < 4.78 is 5.60. The first-order valence-electron chi connectivity index (χ1n) is 13.6. The number of likely N-dealkylation sites (tertiary alicyclic amines) is 1. The average Bonchev–Trinajstić information content (AvgIpc) is 2.92. The van der Waals surface area contributed by atoms with E-state index < -0.39 is 17.5 Å². The van der Waals surface area contributed by atoms with Gasteiger partial charge in [-0.2, -0.15) is 0 Å². The van der Waals surface area contributed by atoms with Crippen LogP contribution in [-0.2, 0) is 4.74 Å². The zero-order chi connectivity index (χ0) is 28.0. The third kappa shape index (κ3) is 7.60. The maximum atomic E-state index is 13.5. The van der Waals surface area contributed by atoms with Crippen molar-refractivity contribution in [3.05, 3.63) is 77.9 Å². The SMILES string of the molecule is CN(CCN1CCCCC1)c1ccc(O)c(C(=O)Nc2cc(-c3ccccc3)ccc2C(=O)OC(C)(C)C)c1. The molecule has 0 bridgehead atoms. The summed E-state index contributed by atoms with van der Waals surface area (Å²) in [5, 5.41) is 13.5. The molecule has 1 fully saturated rings. The first-order chi connectivity index (χ1) is 18.6. The number of hydrogen-bond donors (Lipinski definition) is 2. The summed E-state index contributed by atoms with van der Waals surface area (Å²) in [5.41, 5.74) is 2.63. The second-order valence-corrected chi connectivity index (χ2v) is 11.1. The molecule has 39 heavy (non-hydrogen) atoms. The Balaban J connectivity index is 1.58. The van der Waals surface area contributed by atoms with Crippen LogP contribution in [-0.4, -0.2) is 60.7 Å². The lowest BCUT2D eigenvalue weighted by molar-refractivity contribution is 0.00707. The molecule has 1 saturated heterocycles. The van der Waals surface area contributed by atoms with E-state index in [1.165, 1.54) is 25.3 Å². The van der Waals surface area contributed by atoms with Crippen LogP contribution in [0, 0.1) is 0 Å². The molecule has 0 aliphatic carbocycles. The first-order valence-corrected chi connectivity index (χ1v) is 13.6. The summed E-state index contributed by atoms with van der Waals surface area (Å²) in [6.07, 6.45) is 3.78. The Hall–Kier alpha value is -3.84. The van der Waals surface area contributed by atoms with Gasteiger partial charge in [0.2, 0.25) is 0 Å². The summed E-state index contributed by atoms with van der Waals surface area (Å²) in [5.74, 6) is -1.17. The van der Waals surface area contributed by atoms with Crippen LogP contribution in [0.25, 0.3) is 11.1 Å². The van der Waals surface area contributed by atoms with Gasteiger partial charge in [0.1, 0.15) is 11.4 Å². The highest BCUT2D eigenvalue weighted by Crippen LogP contribution is 2.30. The highest BCUT2D eigenvalue weighted by molar-refractivity contribution is 6.10. The number of phenolic OH excluding ortho intramolecular Hbond substituents is 1. The number of phenols is 1. The fourth-order valence-corrected chi connectivity index (χ4v) is 4.71. The van der Waals surface area contributed by atoms with Gasteiger partial charge in [-0.15, -0.1) is 0 Å². The molecule has 3 aromatic rings. The minimum absolute atomic E-state index is 0.126. The zero-order valence-corrected chi connectivity index (χ0v) is 23.4. The maximum absolute atomic E-state index is 13.5. The Bertz CT molecular complexity index is 1290. The van der Waals surface area contributed by atoms with Crippen LogP contribution >= 0.6 is 0 Å². The van der Waals surface area contributed by atoms with Crippen LogP contribution in [0.2, 0.25) is 0 Å². The van der Waals surface area contributed by atoms with Gasteiger partial charge in [-0.3, -0.25) is 4.79 Å². The van der Waals surface area contributed by atoms with Crippen molar-refractivity contribution < 1.29 is 19.4 Å². The third-order valence-electron chi connectivity index (χ3n) is 6.86. The van der Waals surface area contributed by atoms with Crippen LogP contribution in [0.5, 0.6) is 5.75 Å². The van der Waals surface area contributed by atoms with E-state index in [1.54, 1.807) is 39.0 Å². The van der Waals surface area contributed by atoms with Crippen molar-refractivity contribution in [1.29, 1.82) is 0 Å². The number of benzene rings is 3. The molecule has 0 atom stereocenters. The molecule has 7 heteroatoms. The summed E-state index contributed by atoms with van der Waals surface area (Å²) >= 11 is 0. The summed E-state index contributed by atoms with van der Waals surface area (Å²) in [6.45, 7) is 9.41. The van der Waals surface area contributed by atoms with Crippen molar-refractivity contribution >= 4 is 23.3 Å². The number of nitrogens with one attached hydrogen (secondary N) is 1. The fraction of sp³-hybridized carbons (Fsp3) is 0.375. The predicted molar refractivity (Wildman–Crippen MR) is 157 cm³/mol. The van der Waals surface area contributed by atoms with Crippen molar-refractivity contribution in [3.8, 4) is 16.9 Å². The van der Waals surface area contributed by atoms with E-state index in [1.807, 2.05) is 49.5 Å². The van der Waals surface area contributed by atoms with Crippen LogP contribution in [0.15, 0.2) is 66.7 Å². The lowest BCUT2D eigenvalue weighted by Crippen LogP contribution is -2.36. The highest BCUT2D eigenvalue weighted by atomic mass is 16.6. The molecular formula is C32H39N3O4. The number of esters is 1. The number of hydrogen-bond acceptors (Lipinski definition) is 6. The molecule has 7 nitrogen and oxygen atoms in total. The van der Waals surface area contributed by atoms with E-state index in [0.29, 0.717) is 5.69 Å². The third-order valence-corrected chi connectivity index (χ3v) is 6.86. The molecule has 3 aromatic carbocycles. The van der Waals surface area contributed by atoms with Crippen molar-refractivity contribution in [2.45, 2.75) is 45.6 Å². The Morgan fingerprint density at radius 3 is 2.33 bits per heavy atom. The molecular weight excluding hydrogens is 490 g/mol. The molecule has 0 spiro atoms. The number of carbonyl (C=O) groups excluding carboxylic acids is 2. The molecule has 4 rings (SSSR count). The number of nitrogens with zero attached hydrogens (tertiary/aromatic N) is 2. The Kier molecular flexibility index (Phi) is 8.92. The normalized spacial score (nSPS) is 14.1. The average molecular weight is 530 g/mol. The van der Waals surface area contributed by atoms with Gasteiger partial charge in [-0.1, -0.05) is 42.8 Å².